The first-order valence-corrected chi connectivity index (χ1v) is 5.09. The predicted octanol–water partition coefficient (Wildman–Crippen LogP) is 0.111. The Labute approximate surface area is 148 Å². The summed E-state index contributed by atoms with van der Waals surface area (Å²) >= 11 is 0. The molecular formula is C8H24N2O2SY2-2. The first-order valence-electron chi connectivity index (χ1n) is 3.76. The van der Waals surface area contributed by atoms with Crippen LogP contribution in [0.25, 0.3) is 0 Å². The Morgan fingerprint density at radius 1 is 1.47 bits per heavy atom. The van der Waals surface area contributed by atoms with Crippen LogP contribution in [0.15, 0.2) is 0 Å². The van der Waals surface area contributed by atoms with Crippen LogP contribution in [0.3, 0.4) is 0 Å². The van der Waals surface area contributed by atoms with E-state index >= 15 is 0 Å². The topological polar surface area (TPSA) is 72.2 Å². The Hall–Kier alpha value is 2.08. The number of rotatable bonds is 4. The molecule has 0 aliphatic carbocycles. The van der Waals surface area contributed by atoms with E-state index in [1.807, 2.05) is 5.73 Å². The molecule has 0 unspecified atom stereocenters. The van der Waals surface area contributed by atoms with Gasteiger partial charge in [-0.3, -0.25) is 0 Å². The Morgan fingerprint density at radius 2 is 1.80 bits per heavy atom. The second-order valence-corrected chi connectivity index (χ2v) is 4.06. The first-order chi connectivity index (χ1) is 5.54. The number of sulfone groups is 1. The van der Waals surface area contributed by atoms with Crippen molar-refractivity contribution in [2.24, 2.45) is 5.73 Å². The third-order valence-electron chi connectivity index (χ3n) is 0.974. The minimum absolute atomic E-state index is 0. The van der Waals surface area contributed by atoms with Gasteiger partial charge in [-0.2, -0.15) is 0 Å². The van der Waals surface area contributed by atoms with Crippen molar-refractivity contribution in [1.29, 1.82) is 0 Å². The molecule has 0 bridgehead atoms. The van der Waals surface area contributed by atoms with Gasteiger partial charge in [0.2, 0.25) is 0 Å². The van der Waals surface area contributed by atoms with E-state index in [0.717, 1.165) is 0 Å². The van der Waals surface area contributed by atoms with Gasteiger partial charge in [0, 0.05) is 72.0 Å². The van der Waals surface area contributed by atoms with Gasteiger partial charge in [0.15, 0.2) is 0 Å². The third-order valence-corrected chi connectivity index (χ3v) is 2.42. The second kappa shape index (κ2) is 25.1. The minimum atomic E-state index is -2.86. The van der Waals surface area contributed by atoms with Crippen molar-refractivity contribution >= 4 is 9.84 Å². The molecule has 0 spiro atoms. The zero-order chi connectivity index (χ0) is 10.0. The van der Waals surface area contributed by atoms with Gasteiger partial charge in [0.25, 0.3) is 0 Å². The average Bonchev–Trinajstić information content (AvgIpc) is 2.03. The monoisotopic (exact) mass is 391 g/mol. The van der Waals surface area contributed by atoms with Crippen molar-refractivity contribution in [2.75, 3.05) is 32.1 Å². The van der Waals surface area contributed by atoms with Gasteiger partial charge < -0.3 is 25.4 Å². The molecule has 0 fully saturated rings. The summed E-state index contributed by atoms with van der Waals surface area (Å²) in [5.74, 6) is 0.182. The van der Waals surface area contributed by atoms with Gasteiger partial charge >= 0.3 is 0 Å². The molecule has 3 N–H and O–H groups in total. The van der Waals surface area contributed by atoms with Crippen LogP contribution >= 0.6 is 0 Å². The quantitative estimate of drug-likeness (QED) is 0.668. The molecule has 0 aliphatic heterocycles. The van der Waals surface area contributed by atoms with Gasteiger partial charge in [0.05, 0.1) is 5.75 Å². The molecule has 0 saturated heterocycles. The van der Waals surface area contributed by atoms with E-state index in [2.05, 4.69) is 12.2 Å². The average molecular weight is 391 g/mol. The van der Waals surface area contributed by atoms with Gasteiger partial charge in [-0.25, -0.2) is 8.42 Å². The van der Waals surface area contributed by atoms with Crippen LogP contribution in [0, 0.1) is 14.4 Å². The Balaban J connectivity index is -0.0000000324. The number of hydrogen-bond donors (Lipinski definition) is 2. The summed E-state index contributed by atoms with van der Waals surface area (Å²) in [6.07, 6.45) is 0. The van der Waals surface area contributed by atoms with Gasteiger partial charge in [-0.1, -0.05) is 13.2 Å². The first kappa shape index (κ1) is 30.3. The molecular weight excluding hydrogens is 366 g/mol. The Bertz CT molecular complexity index is 181. The molecule has 0 amide bonds. The fourth-order valence-corrected chi connectivity index (χ4v) is 1.08. The Morgan fingerprint density at radius 3 is 2.00 bits per heavy atom. The van der Waals surface area contributed by atoms with Crippen LogP contribution in [0.5, 0.6) is 0 Å². The predicted molar refractivity (Wildman–Crippen MR) is 61.2 cm³/mol. The van der Waals surface area contributed by atoms with Gasteiger partial charge in [0.1, 0.15) is 11.2 Å². The molecule has 15 heavy (non-hydrogen) atoms. The fraction of sp³-hybridized carbons (Fsp3) is 0.750. The summed E-state index contributed by atoms with van der Waals surface area (Å²) in [6.45, 7) is 3.81. The molecule has 7 heteroatoms. The maximum absolute atomic E-state index is 10.7. The van der Waals surface area contributed by atoms with Crippen molar-refractivity contribution in [3.8, 4) is 0 Å². The molecule has 92 valence electrons. The standard InChI is InChI=1S/C5H12NO2S.CH5N.CH4.CH3.2Y/c1-3-9(7,8)5-4-6-2;1-2;;;;/h6H,1,3-5H2,2H3;2H2,1H3;1H4;1H3;;/q-1;;;-1;;/i/hD. The van der Waals surface area contributed by atoms with E-state index in [1.54, 1.807) is 14.1 Å². The summed E-state index contributed by atoms with van der Waals surface area (Å²) in [4.78, 5) is 0. The van der Waals surface area contributed by atoms with Crippen LogP contribution in [0.1, 0.15) is 7.43 Å². The van der Waals surface area contributed by atoms with E-state index < -0.39 is 9.84 Å². The molecule has 0 aromatic carbocycles. The zero-order valence-electron chi connectivity index (χ0n) is 10.2. The van der Waals surface area contributed by atoms with Crippen molar-refractivity contribution in [3.05, 3.63) is 14.4 Å². The molecule has 0 heterocycles. The summed E-state index contributed by atoms with van der Waals surface area (Å²) in [5.41, 5.74) is 2.00. The molecule has 2 radical (unpaired) electrons. The number of nitrogens with two attached hydrogens (primary N) is 1. The maximum Gasteiger partial charge on any atom is 0.123 e. The van der Waals surface area contributed by atoms with E-state index in [-0.39, 0.29) is 91.8 Å². The molecule has 0 rings (SSSR count). The summed E-state index contributed by atoms with van der Waals surface area (Å²) in [6, 6.07) is 0. The van der Waals surface area contributed by atoms with E-state index in [1.165, 1.54) is 0 Å². The van der Waals surface area contributed by atoms with E-state index in [4.69, 9.17) is 1.41 Å². The van der Waals surface area contributed by atoms with Crippen molar-refractivity contribution in [1.82, 2.24) is 5.32 Å². The normalized spacial score (nSPS) is 8.33. The Kier molecular flexibility index (Phi) is 50.6. The van der Waals surface area contributed by atoms with Crippen molar-refractivity contribution in [3.63, 3.8) is 0 Å². The van der Waals surface area contributed by atoms with E-state index in [0.29, 0.717) is 6.54 Å². The SMILES string of the molecule is C.[2H]NC.[CH2-]CS(=O)(=O)CCNC.[CH3-].[Y].[Y]. The van der Waals surface area contributed by atoms with Crippen LogP contribution in [0.4, 0.5) is 0 Å². The molecule has 0 aromatic heterocycles. The molecule has 0 saturated carbocycles. The van der Waals surface area contributed by atoms with Gasteiger partial charge in [-0.15, -0.1) is 0 Å². The smallest absolute Gasteiger partial charge is 0.123 e. The van der Waals surface area contributed by atoms with Crippen LogP contribution in [-0.4, -0.2) is 40.6 Å². The van der Waals surface area contributed by atoms with Crippen LogP contribution in [0.2, 0.25) is 1.41 Å². The summed E-state index contributed by atoms with van der Waals surface area (Å²) in [7, 11) is 0.407. The third kappa shape index (κ3) is 31.4. The zero-order valence-corrected chi connectivity index (χ0v) is 15.7. The summed E-state index contributed by atoms with van der Waals surface area (Å²) in [5, 5.41) is 2.75. The van der Waals surface area contributed by atoms with Gasteiger partial charge in [-0.05, 0) is 14.1 Å². The number of hydrogen-bond acceptors (Lipinski definition) is 4. The van der Waals surface area contributed by atoms with Crippen molar-refractivity contribution in [2.45, 2.75) is 7.43 Å². The van der Waals surface area contributed by atoms with E-state index in [9.17, 15) is 8.42 Å². The number of nitrogens with one attached hydrogen (secondary N) is 1. The molecule has 0 aliphatic rings. The molecule has 4 nitrogen and oxygen atoms in total. The molecule has 0 atom stereocenters. The molecule has 0 aromatic rings. The minimum Gasteiger partial charge on any atom is -0.358 e. The van der Waals surface area contributed by atoms with Crippen LogP contribution in [-0.2, 0) is 75.3 Å². The fourth-order valence-electron chi connectivity index (χ4n) is 0.360. The summed E-state index contributed by atoms with van der Waals surface area (Å²) < 4.78 is 27.3. The maximum atomic E-state index is 10.7. The van der Waals surface area contributed by atoms with Crippen molar-refractivity contribution < 1.29 is 75.2 Å². The van der Waals surface area contributed by atoms with Crippen LogP contribution < -0.4 is 11.0 Å². The largest absolute Gasteiger partial charge is 0.358 e. The second-order valence-electron chi connectivity index (χ2n) is 1.76.